The first-order chi connectivity index (χ1) is 8.66. The Kier molecular flexibility index (Phi) is 3.86. The van der Waals surface area contributed by atoms with Gasteiger partial charge in [-0.2, -0.15) is 0 Å². The van der Waals surface area contributed by atoms with E-state index in [1.807, 2.05) is 0 Å². The Morgan fingerprint density at radius 3 is 2.67 bits per heavy atom. The first-order valence-corrected chi connectivity index (χ1v) is 6.00. The van der Waals surface area contributed by atoms with Gasteiger partial charge in [-0.1, -0.05) is 0 Å². The smallest absolute Gasteiger partial charge is 0.311 e. The lowest BCUT2D eigenvalue weighted by Gasteiger charge is -2.27. The number of ketones is 1. The maximum atomic E-state index is 11.6. The fraction of sp³-hybridized carbons (Fsp3) is 0.500. The van der Waals surface area contributed by atoms with E-state index in [1.165, 1.54) is 12.6 Å². The molecule has 0 saturated carbocycles. The van der Waals surface area contributed by atoms with E-state index in [1.54, 1.807) is 6.07 Å². The van der Waals surface area contributed by atoms with E-state index in [0.29, 0.717) is 5.82 Å². The summed E-state index contributed by atoms with van der Waals surface area (Å²) < 4.78 is 0. The quantitative estimate of drug-likeness (QED) is 0.636. The Hall–Kier alpha value is -1.98. The zero-order valence-electron chi connectivity index (χ0n) is 10.0. The first-order valence-electron chi connectivity index (χ1n) is 6.00. The molecule has 2 rings (SSSR count). The van der Waals surface area contributed by atoms with Crippen LogP contribution in [0.2, 0.25) is 0 Å². The molecule has 1 saturated heterocycles. The van der Waals surface area contributed by atoms with E-state index in [-0.39, 0.29) is 5.82 Å². The lowest BCUT2D eigenvalue weighted by atomic mass is 10.1. The molecule has 0 aromatic carbocycles. The Morgan fingerprint density at radius 2 is 2.00 bits per heavy atom. The largest absolute Gasteiger partial charge is 0.481 e. The molecule has 96 valence electrons. The van der Waals surface area contributed by atoms with Gasteiger partial charge in [-0.05, 0) is 25.3 Å². The van der Waals surface area contributed by atoms with Gasteiger partial charge in [-0.3, -0.25) is 9.59 Å². The summed E-state index contributed by atoms with van der Waals surface area (Å²) in [6, 6.07) is 1.75. The minimum Gasteiger partial charge on any atom is -0.481 e. The van der Waals surface area contributed by atoms with Crippen molar-refractivity contribution in [3.05, 3.63) is 18.1 Å². The van der Waals surface area contributed by atoms with E-state index < -0.39 is 18.2 Å². The summed E-state index contributed by atoms with van der Waals surface area (Å²) in [5.74, 6) is -1.02. The topological polar surface area (TPSA) is 83.4 Å². The number of hydrogen-bond acceptors (Lipinski definition) is 5. The van der Waals surface area contributed by atoms with Gasteiger partial charge in [-0.15, -0.1) is 0 Å². The molecule has 6 heteroatoms. The highest BCUT2D eigenvalue weighted by molar-refractivity contribution is 6.03. The predicted octanol–water partition coefficient (Wildman–Crippen LogP) is 1.12. The summed E-state index contributed by atoms with van der Waals surface area (Å²) >= 11 is 0. The maximum Gasteiger partial charge on any atom is 0.311 e. The molecule has 0 aliphatic carbocycles. The number of carboxylic acid groups (broad SMARTS) is 1. The number of rotatable bonds is 4. The average molecular weight is 249 g/mol. The lowest BCUT2D eigenvalue weighted by molar-refractivity contribution is -0.135. The van der Waals surface area contributed by atoms with Gasteiger partial charge in [0.05, 0.1) is 0 Å². The zero-order valence-corrected chi connectivity index (χ0v) is 10.0. The number of carboxylic acids is 1. The van der Waals surface area contributed by atoms with Gasteiger partial charge >= 0.3 is 5.97 Å². The highest BCUT2D eigenvalue weighted by atomic mass is 16.4. The van der Waals surface area contributed by atoms with Crippen molar-refractivity contribution < 1.29 is 14.7 Å². The van der Waals surface area contributed by atoms with Gasteiger partial charge in [-0.25, -0.2) is 9.97 Å². The number of Topliss-reactive ketones (excluding diaryl/α,β-unsaturated/α-hetero) is 1. The molecule has 1 fully saturated rings. The minimum absolute atomic E-state index is 0.0135. The summed E-state index contributed by atoms with van der Waals surface area (Å²) in [6.07, 6.45) is 4.38. The number of carbonyl (C=O) groups excluding carboxylic acids is 1. The molecule has 0 spiro atoms. The van der Waals surface area contributed by atoms with E-state index in [4.69, 9.17) is 5.11 Å². The minimum atomic E-state index is -1.16. The monoisotopic (exact) mass is 249 g/mol. The van der Waals surface area contributed by atoms with E-state index >= 15 is 0 Å². The van der Waals surface area contributed by atoms with Gasteiger partial charge in [0.25, 0.3) is 0 Å². The summed E-state index contributed by atoms with van der Waals surface area (Å²) in [6.45, 7) is 1.84. The van der Waals surface area contributed by atoms with Crippen molar-refractivity contribution in [1.82, 2.24) is 9.97 Å². The third kappa shape index (κ3) is 3.03. The van der Waals surface area contributed by atoms with Gasteiger partial charge in [0, 0.05) is 19.3 Å². The van der Waals surface area contributed by atoms with Crippen LogP contribution < -0.4 is 4.90 Å². The fourth-order valence-electron chi connectivity index (χ4n) is 2.00. The van der Waals surface area contributed by atoms with Crippen LogP contribution in [0, 0.1) is 0 Å². The normalized spacial score (nSPS) is 15.4. The maximum absolute atomic E-state index is 11.6. The molecule has 0 amide bonds. The van der Waals surface area contributed by atoms with Crippen LogP contribution in [0.1, 0.15) is 36.3 Å². The van der Waals surface area contributed by atoms with Crippen molar-refractivity contribution in [3.63, 3.8) is 0 Å². The Bertz CT molecular complexity index is 456. The second-order valence-corrected chi connectivity index (χ2v) is 4.28. The van der Waals surface area contributed by atoms with Crippen molar-refractivity contribution >= 4 is 17.6 Å². The van der Waals surface area contributed by atoms with Gasteiger partial charge in [0.2, 0.25) is 5.78 Å². The molecule has 1 N–H and O–H groups in total. The van der Waals surface area contributed by atoms with E-state index in [2.05, 4.69) is 14.9 Å². The zero-order chi connectivity index (χ0) is 13.0. The number of aromatic nitrogens is 2. The summed E-state index contributed by atoms with van der Waals surface area (Å²) in [7, 11) is 0. The molecule has 2 heterocycles. The SMILES string of the molecule is O=C(O)CC(=O)c1nccc(N2CCCCC2)n1. The number of carbonyl (C=O) groups is 2. The molecule has 6 nitrogen and oxygen atoms in total. The third-order valence-corrected chi connectivity index (χ3v) is 2.88. The van der Waals surface area contributed by atoms with Crippen molar-refractivity contribution in [1.29, 1.82) is 0 Å². The van der Waals surface area contributed by atoms with Crippen LogP contribution in [0.5, 0.6) is 0 Å². The molecule has 1 aliphatic heterocycles. The standard InChI is InChI=1S/C12H15N3O3/c16-9(8-11(17)18)12-13-5-4-10(14-12)15-6-2-1-3-7-15/h4-5H,1-3,6-8H2,(H,17,18). The van der Waals surface area contributed by atoms with Crippen LogP contribution in [0.15, 0.2) is 12.3 Å². The Balaban J connectivity index is 2.13. The Morgan fingerprint density at radius 1 is 1.28 bits per heavy atom. The molecular weight excluding hydrogens is 234 g/mol. The summed E-state index contributed by atoms with van der Waals surface area (Å²) in [4.78, 5) is 32.1. The van der Waals surface area contributed by atoms with Gasteiger partial charge in [0.15, 0.2) is 5.82 Å². The van der Waals surface area contributed by atoms with Crippen molar-refractivity contribution in [2.45, 2.75) is 25.7 Å². The highest BCUT2D eigenvalue weighted by Gasteiger charge is 2.17. The predicted molar refractivity (Wildman–Crippen MR) is 64.7 cm³/mol. The Labute approximate surface area is 105 Å². The number of anilines is 1. The molecule has 18 heavy (non-hydrogen) atoms. The second-order valence-electron chi connectivity index (χ2n) is 4.28. The van der Waals surface area contributed by atoms with Crippen LogP contribution in [0.4, 0.5) is 5.82 Å². The molecule has 0 unspecified atom stereocenters. The number of hydrogen-bond donors (Lipinski definition) is 1. The second kappa shape index (κ2) is 5.57. The van der Waals surface area contributed by atoms with Crippen molar-refractivity contribution in [2.24, 2.45) is 0 Å². The number of piperidine rings is 1. The van der Waals surface area contributed by atoms with Crippen molar-refractivity contribution in [3.8, 4) is 0 Å². The molecule has 0 bridgehead atoms. The molecule has 1 aromatic rings. The van der Waals surface area contributed by atoms with Crippen molar-refractivity contribution in [2.75, 3.05) is 18.0 Å². The highest BCUT2D eigenvalue weighted by Crippen LogP contribution is 2.17. The van der Waals surface area contributed by atoms with Gasteiger partial charge < -0.3 is 10.0 Å². The van der Waals surface area contributed by atoms with Crippen LogP contribution in [-0.4, -0.2) is 39.9 Å². The molecule has 1 aliphatic rings. The first kappa shape index (κ1) is 12.5. The van der Waals surface area contributed by atoms with Crippen LogP contribution in [0.3, 0.4) is 0 Å². The van der Waals surface area contributed by atoms with Crippen LogP contribution in [-0.2, 0) is 4.79 Å². The number of aliphatic carboxylic acids is 1. The van der Waals surface area contributed by atoms with E-state index in [9.17, 15) is 9.59 Å². The van der Waals surface area contributed by atoms with Crippen LogP contribution >= 0.6 is 0 Å². The summed E-state index contributed by atoms with van der Waals surface area (Å²) in [5, 5.41) is 8.58. The molecular formula is C12H15N3O3. The van der Waals surface area contributed by atoms with E-state index in [0.717, 1.165) is 25.9 Å². The fourth-order valence-corrected chi connectivity index (χ4v) is 2.00. The average Bonchev–Trinajstić information content (AvgIpc) is 2.39. The lowest BCUT2D eigenvalue weighted by Crippen LogP contribution is -2.30. The van der Waals surface area contributed by atoms with Crippen LogP contribution in [0.25, 0.3) is 0 Å². The van der Waals surface area contributed by atoms with Gasteiger partial charge in [0.1, 0.15) is 12.2 Å². The molecule has 1 aromatic heterocycles. The third-order valence-electron chi connectivity index (χ3n) is 2.88. The number of nitrogens with zero attached hydrogens (tertiary/aromatic N) is 3. The molecule has 0 radical (unpaired) electrons. The molecule has 0 atom stereocenters. The summed E-state index contributed by atoms with van der Waals surface area (Å²) in [5.41, 5.74) is 0.